The molecule has 0 unspecified atom stereocenters. The van der Waals surface area contributed by atoms with Crippen LogP contribution in [0.1, 0.15) is 96.0 Å². The number of ketones is 1. The van der Waals surface area contributed by atoms with Crippen molar-refractivity contribution in [3.63, 3.8) is 0 Å². The van der Waals surface area contributed by atoms with Crippen molar-refractivity contribution >= 4 is 50.1 Å². The molecule has 0 radical (unpaired) electrons. The average Bonchev–Trinajstić information content (AvgIpc) is 4.01. The van der Waals surface area contributed by atoms with Crippen LogP contribution in [-0.2, 0) is 29.0 Å². The van der Waals surface area contributed by atoms with Crippen molar-refractivity contribution in [2.45, 2.75) is 93.2 Å². The van der Waals surface area contributed by atoms with E-state index in [-0.39, 0.29) is 57.8 Å². The van der Waals surface area contributed by atoms with Crippen LogP contribution in [0.5, 0.6) is 0 Å². The van der Waals surface area contributed by atoms with Gasteiger partial charge in [0, 0.05) is 34.5 Å². The Morgan fingerprint density at radius 3 is 2.52 bits per heavy atom. The molecule has 3 heterocycles. The van der Waals surface area contributed by atoms with Crippen LogP contribution in [0, 0.1) is 5.41 Å². The van der Waals surface area contributed by atoms with Gasteiger partial charge in [-0.05, 0) is 135 Å². The van der Waals surface area contributed by atoms with Gasteiger partial charge in [-0.15, -0.1) is 22.7 Å². The molecule has 58 heavy (non-hydrogen) atoms. The molecule has 8 rings (SSSR count). The Labute approximate surface area is 349 Å². The van der Waals surface area contributed by atoms with E-state index in [9.17, 15) is 36.6 Å². The summed E-state index contributed by atoms with van der Waals surface area (Å²) in [7, 11) is -3.98. The number of carbonyl (C=O) groups is 1. The minimum absolute atomic E-state index is 0.00783. The number of alkyl halides is 3. The van der Waals surface area contributed by atoms with Gasteiger partial charge in [-0.1, -0.05) is 54.4 Å². The quantitative estimate of drug-likeness (QED) is 0.107. The standard InChI is InChI=1S/C44H45ClF3NO6S3/c1-28-6-3-19-42(2)36(17-20-43(42,52)27-49(21-18-32-7-4-22-56-32)58(53,54)40-8-5-23-57-40)33-13-10-29(24-31(50)12-9-28)25-34(33)41(51)39-16-15-38(55-39)35-26-30(44(46,47)48)11-14-37(35)45/h4-8,10-11,13-16,22-23,25-26,31,36,50,52H,3,9,12,17-21,24,27H2,1-2H3/t31-,36-,42-,43+/m0/s1. The number of carbonyl (C=O) groups excluding carboxylic acids is 1. The minimum Gasteiger partial charge on any atom is -0.453 e. The lowest BCUT2D eigenvalue weighted by Gasteiger charge is -2.46. The Kier molecular flexibility index (Phi) is 12.4. The molecule has 0 aliphatic heterocycles. The second-order valence-electron chi connectivity index (χ2n) is 15.7. The predicted molar refractivity (Wildman–Crippen MR) is 222 cm³/mol. The van der Waals surface area contributed by atoms with E-state index >= 15 is 0 Å². The lowest BCUT2D eigenvalue weighted by molar-refractivity contribution is -0.137. The molecule has 3 aliphatic rings. The fourth-order valence-electron chi connectivity index (χ4n) is 8.63. The predicted octanol–water partition coefficient (Wildman–Crippen LogP) is 10.9. The first kappa shape index (κ1) is 42.6. The molecule has 2 aromatic carbocycles. The van der Waals surface area contributed by atoms with E-state index in [1.54, 1.807) is 34.9 Å². The molecule has 0 saturated heterocycles. The second-order valence-corrected chi connectivity index (χ2v) is 20.3. The number of sulfonamides is 1. The number of fused-ring (bicyclic) bond motifs is 8. The highest BCUT2D eigenvalue weighted by atomic mass is 35.5. The van der Waals surface area contributed by atoms with Crippen molar-refractivity contribution < 1.29 is 41.0 Å². The second kappa shape index (κ2) is 16.8. The zero-order valence-electron chi connectivity index (χ0n) is 32.1. The fourth-order valence-corrected chi connectivity index (χ4v) is 12.2. The zero-order chi connectivity index (χ0) is 41.5. The number of benzene rings is 2. The van der Waals surface area contributed by atoms with Crippen molar-refractivity contribution in [1.82, 2.24) is 4.31 Å². The van der Waals surface area contributed by atoms with Gasteiger partial charge < -0.3 is 14.6 Å². The number of aliphatic hydroxyl groups excluding tert-OH is 1. The summed E-state index contributed by atoms with van der Waals surface area (Å²) in [5.41, 5.74) is -0.632. The molecular weight excluding hydrogens is 827 g/mol. The Hall–Kier alpha value is -3.56. The number of nitrogens with zero attached hydrogens (tertiary/aromatic N) is 1. The lowest BCUT2D eigenvalue weighted by atomic mass is 9.65. The van der Waals surface area contributed by atoms with Crippen LogP contribution in [0.4, 0.5) is 13.2 Å². The highest BCUT2D eigenvalue weighted by molar-refractivity contribution is 7.91. The number of aliphatic hydroxyl groups is 2. The highest BCUT2D eigenvalue weighted by Crippen LogP contribution is 2.59. The van der Waals surface area contributed by atoms with E-state index in [0.29, 0.717) is 49.7 Å². The summed E-state index contributed by atoms with van der Waals surface area (Å²) >= 11 is 9.01. The van der Waals surface area contributed by atoms with Crippen LogP contribution in [-0.4, -0.2) is 53.5 Å². The number of allylic oxidation sites excluding steroid dienone is 2. The van der Waals surface area contributed by atoms with E-state index in [1.165, 1.54) is 16.4 Å². The molecule has 308 valence electrons. The molecule has 1 fully saturated rings. The maximum Gasteiger partial charge on any atom is 0.416 e. The first-order chi connectivity index (χ1) is 27.5. The van der Waals surface area contributed by atoms with E-state index in [0.717, 1.165) is 40.0 Å². The SMILES string of the molecule is CC1=CCC[C@@]2(C)[C@@H](CC[C@@]2(O)CN(CCc2cccs2)S(=O)(=O)c2cccs2)c2ccc(cc2C(=O)c2ccc(-c3cc(C(F)(F)F)ccc3Cl)o2)C[C@@H](O)CC1. The Morgan fingerprint density at radius 2 is 1.79 bits per heavy atom. The molecule has 3 aliphatic carbocycles. The van der Waals surface area contributed by atoms with Crippen LogP contribution in [0.15, 0.2) is 104 Å². The van der Waals surface area contributed by atoms with E-state index in [1.807, 2.05) is 43.5 Å². The normalized spacial score (nSPS) is 23.2. The monoisotopic (exact) mass is 871 g/mol. The molecule has 7 nitrogen and oxygen atoms in total. The van der Waals surface area contributed by atoms with Gasteiger partial charge in [0.05, 0.1) is 22.3 Å². The van der Waals surface area contributed by atoms with Crippen LogP contribution < -0.4 is 0 Å². The summed E-state index contributed by atoms with van der Waals surface area (Å²) in [5, 5.41) is 27.7. The van der Waals surface area contributed by atoms with Crippen molar-refractivity contribution in [2.75, 3.05) is 13.1 Å². The van der Waals surface area contributed by atoms with Crippen molar-refractivity contribution in [3.05, 3.63) is 133 Å². The summed E-state index contributed by atoms with van der Waals surface area (Å²) in [5.74, 6) is -1.05. The number of hydrogen-bond donors (Lipinski definition) is 2. The lowest BCUT2D eigenvalue weighted by Crippen LogP contribution is -2.54. The first-order valence-corrected chi connectivity index (χ1v) is 22.8. The molecule has 3 aromatic heterocycles. The largest absolute Gasteiger partial charge is 0.453 e. The maximum absolute atomic E-state index is 14.6. The zero-order valence-corrected chi connectivity index (χ0v) is 35.3. The number of rotatable bonds is 10. The molecule has 0 amide bonds. The molecule has 14 heteroatoms. The topological polar surface area (TPSA) is 108 Å². The van der Waals surface area contributed by atoms with Gasteiger partial charge in [-0.25, -0.2) is 8.42 Å². The summed E-state index contributed by atoms with van der Waals surface area (Å²) in [4.78, 5) is 15.7. The van der Waals surface area contributed by atoms with E-state index in [2.05, 4.69) is 6.08 Å². The highest BCUT2D eigenvalue weighted by Gasteiger charge is 2.58. The van der Waals surface area contributed by atoms with Crippen molar-refractivity contribution in [3.8, 4) is 11.3 Å². The van der Waals surface area contributed by atoms with Gasteiger partial charge in [0.25, 0.3) is 10.0 Å². The summed E-state index contributed by atoms with van der Waals surface area (Å²) in [6.45, 7) is 4.02. The minimum atomic E-state index is -4.62. The van der Waals surface area contributed by atoms with Gasteiger partial charge in [0.1, 0.15) is 9.97 Å². The maximum atomic E-state index is 14.6. The van der Waals surface area contributed by atoms with E-state index < -0.39 is 50.6 Å². The van der Waals surface area contributed by atoms with Gasteiger partial charge in [0.15, 0.2) is 5.76 Å². The van der Waals surface area contributed by atoms with Crippen LogP contribution in [0.3, 0.4) is 0 Å². The average molecular weight is 872 g/mol. The number of halogens is 4. The third-order valence-electron chi connectivity index (χ3n) is 12.0. The molecule has 5 aromatic rings. The van der Waals surface area contributed by atoms with Crippen molar-refractivity contribution in [2.24, 2.45) is 5.41 Å². The molecule has 0 spiro atoms. The number of furan rings is 1. The molecule has 2 bridgehead atoms. The third-order valence-corrected chi connectivity index (χ3v) is 16.5. The van der Waals surface area contributed by atoms with Gasteiger partial charge in [0.2, 0.25) is 5.78 Å². The number of thiophene rings is 2. The van der Waals surface area contributed by atoms with Gasteiger partial charge in [-0.2, -0.15) is 17.5 Å². The Morgan fingerprint density at radius 1 is 1.02 bits per heavy atom. The third kappa shape index (κ3) is 8.68. The van der Waals surface area contributed by atoms with E-state index in [4.69, 9.17) is 16.0 Å². The smallest absolute Gasteiger partial charge is 0.416 e. The summed E-state index contributed by atoms with van der Waals surface area (Å²) in [6, 6.07) is 18.4. The Balaban J connectivity index is 1.30. The summed E-state index contributed by atoms with van der Waals surface area (Å²) < 4.78 is 77.0. The number of hydrogen-bond acceptors (Lipinski definition) is 8. The first-order valence-electron chi connectivity index (χ1n) is 19.3. The fraction of sp³-hybridized carbons (Fsp3) is 0.386. The molecule has 1 saturated carbocycles. The molecule has 4 atom stereocenters. The van der Waals surface area contributed by atoms with Gasteiger partial charge in [-0.3, -0.25) is 4.79 Å². The molecule has 2 N–H and O–H groups in total. The Bertz CT molecular complexity index is 2390. The van der Waals surface area contributed by atoms with Crippen LogP contribution in [0.2, 0.25) is 5.02 Å². The van der Waals surface area contributed by atoms with Crippen LogP contribution >= 0.6 is 34.3 Å². The van der Waals surface area contributed by atoms with Crippen molar-refractivity contribution in [1.29, 1.82) is 0 Å². The van der Waals surface area contributed by atoms with Gasteiger partial charge >= 0.3 is 6.18 Å². The molecular formula is C44H45ClF3NO6S3. The van der Waals surface area contributed by atoms with Crippen LogP contribution in [0.25, 0.3) is 11.3 Å². The summed E-state index contributed by atoms with van der Waals surface area (Å²) in [6.07, 6.45) is 0.479.